The second-order valence-corrected chi connectivity index (χ2v) is 4.80. The average molecular weight is 271 g/mol. The van der Waals surface area contributed by atoms with Crippen LogP contribution in [0.3, 0.4) is 0 Å². The van der Waals surface area contributed by atoms with Gasteiger partial charge >= 0.3 is 11.9 Å². The minimum Gasteiger partial charge on any atom is -0.480 e. The van der Waals surface area contributed by atoms with E-state index in [9.17, 15) is 14.4 Å². The molecule has 1 atom stereocenters. The summed E-state index contributed by atoms with van der Waals surface area (Å²) < 4.78 is 4.72. The van der Waals surface area contributed by atoms with Crippen LogP contribution in [-0.2, 0) is 19.1 Å². The molecule has 6 nitrogen and oxygen atoms in total. The molecule has 0 radical (unpaired) electrons. The van der Waals surface area contributed by atoms with E-state index in [1.54, 1.807) is 6.92 Å². The van der Waals surface area contributed by atoms with Crippen LogP contribution < -0.4 is 5.32 Å². The third-order valence-corrected chi connectivity index (χ3v) is 3.27. The van der Waals surface area contributed by atoms with Crippen LogP contribution in [0.5, 0.6) is 0 Å². The first-order valence-electron chi connectivity index (χ1n) is 6.70. The van der Waals surface area contributed by atoms with E-state index in [0.29, 0.717) is 12.3 Å². The summed E-state index contributed by atoms with van der Waals surface area (Å²) in [6, 6.07) is -1.02. The van der Waals surface area contributed by atoms with Gasteiger partial charge in [0.05, 0.1) is 6.61 Å². The molecule has 0 saturated heterocycles. The molecule has 1 saturated carbocycles. The van der Waals surface area contributed by atoms with Crippen molar-refractivity contribution < 1.29 is 24.2 Å². The maximum Gasteiger partial charge on any atom is 0.326 e. The first-order valence-corrected chi connectivity index (χ1v) is 6.70. The fourth-order valence-corrected chi connectivity index (χ4v) is 1.97. The highest BCUT2D eigenvalue weighted by atomic mass is 16.5. The van der Waals surface area contributed by atoms with Gasteiger partial charge in [-0.1, -0.05) is 6.42 Å². The Morgan fingerprint density at radius 3 is 2.53 bits per heavy atom. The fraction of sp³-hybridized carbons (Fsp3) is 0.769. The Bertz CT molecular complexity index is 338. The lowest BCUT2D eigenvalue weighted by Crippen LogP contribution is -2.42. The molecule has 0 heterocycles. The molecule has 0 aromatic heterocycles. The molecular weight excluding hydrogens is 250 g/mol. The number of hydrogen-bond acceptors (Lipinski definition) is 4. The van der Waals surface area contributed by atoms with Crippen molar-refractivity contribution in [2.24, 2.45) is 5.92 Å². The molecule has 2 N–H and O–H groups in total. The van der Waals surface area contributed by atoms with Gasteiger partial charge in [0, 0.05) is 12.8 Å². The topological polar surface area (TPSA) is 92.7 Å². The Kier molecular flexibility index (Phi) is 6.32. The third-order valence-electron chi connectivity index (χ3n) is 3.27. The lowest BCUT2D eigenvalue weighted by atomic mass is 9.83. The quantitative estimate of drug-likeness (QED) is 0.645. The van der Waals surface area contributed by atoms with Crippen molar-refractivity contribution >= 4 is 17.8 Å². The molecule has 0 spiro atoms. The van der Waals surface area contributed by atoms with Crippen LogP contribution in [0.1, 0.15) is 45.4 Å². The van der Waals surface area contributed by atoms with Gasteiger partial charge in [-0.3, -0.25) is 9.59 Å². The van der Waals surface area contributed by atoms with Crippen molar-refractivity contribution in [3.63, 3.8) is 0 Å². The van der Waals surface area contributed by atoms with Gasteiger partial charge in [-0.15, -0.1) is 0 Å². The molecule has 0 bridgehead atoms. The second kappa shape index (κ2) is 7.76. The summed E-state index contributed by atoms with van der Waals surface area (Å²) in [7, 11) is 0. The van der Waals surface area contributed by atoms with Crippen molar-refractivity contribution in [1.82, 2.24) is 5.32 Å². The van der Waals surface area contributed by atoms with Crippen LogP contribution in [0.15, 0.2) is 0 Å². The Balaban J connectivity index is 2.32. The molecule has 0 aliphatic heterocycles. The number of carboxylic acids is 1. The van der Waals surface area contributed by atoms with Gasteiger partial charge in [0.25, 0.3) is 0 Å². The van der Waals surface area contributed by atoms with E-state index >= 15 is 0 Å². The molecule has 0 unspecified atom stereocenters. The highest BCUT2D eigenvalue weighted by molar-refractivity contribution is 5.84. The van der Waals surface area contributed by atoms with Gasteiger partial charge < -0.3 is 15.2 Å². The van der Waals surface area contributed by atoms with E-state index in [1.165, 1.54) is 0 Å². The monoisotopic (exact) mass is 271 g/mol. The SMILES string of the molecule is CCOC(=O)CC[C@H](NC(=O)CC1CCC1)C(=O)O. The maximum absolute atomic E-state index is 11.6. The number of esters is 1. The maximum atomic E-state index is 11.6. The number of carbonyl (C=O) groups is 3. The predicted octanol–water partition coefficient (Wildman–Crippen LogP) is 1.09. The highest BCUT2D eigenvalue weighted by Crippen LogP contribution is 2.29. The van der Waals surface area contributed by atoms with E-state index in [0.717, 1.165) is 19.3 Å². The summed E-state index contributed by atoms with van der Waals surface area (Å²) in [5.41, 5.74) is 0. The second-order valence-electron chi connectivity index (χ2n) is 4.80. The summed E-state index contributed by atoms with van der Waals surface area (Å²) in [6.45, 7) is 1.96. The fourth-order valence-electron chi connectivity index (χ4n) is 1.97. The number of nitrogens with one attached hydrogen (secondary N) is 1. The average Bonchev–Trinajstić information content (AvgIpc) is 2.29. The molecule has 1 aliphatic rings. The summed E-state index contributed by atoms with van der Waals surface area (Å²) in [5.74, 6) is -1.42. The smallest absolute Gasteiger partial charge is 0.326 e. The van der Waals surface area contributed by atoms with Gasteiger partial charge in [-0.25, -0.2) is 4.79 Å². The number of carbonyl (C=O) groups excluding carboxylic acids is 2. The summed E-state index contributed by atoms with van der Waals surface area (Å²) in [5, 5.41) is 11.5. The zero-order chi connectivity index (χ0) is 14.3. The molecule has 19 heavy (non-hydrogen) atoms. The predicted molar refractivity (Wildman–Crippen MR) is 67.4 cm³/mol. The molecule has 1 aliphatic carbocycles. The number of rotatable bonds is 8. The Hall–Kier alpha value is -1.59. The Morgan fingerprint density at radius 1 is 1.37 bits per heavy atom. The number of hydrogen-bond donors (Lipinski definition) is 2. The zero-order valence-electron chi connectivity index (χ0n) is 11.2. The van der Waals surface area contributed by atoms with Crippen molar-refractivity contribution in [3.8, 4) is 0 Å². The first-order chi connectivity index (χ1) is 9.02. The Morgan fingerprint density at radius 2 is 2.05 bits per heavy atom. The summed E-state index contributed by atoms with van der Waals surface area (Å²) >= 11 is 0. The van der Waals surface area contributed by atoms with Gasteiger partial charge in [0.1, 0.15) is 6.04 Å². The number of carboxylic acid groups (broad SMARTS) is 1. The molecule has 6 heteroatoms. The van der Waals surface area contributed by atoms with E-state index in [2.05, 4.69) is 5.32 Å². The van der Waals surface area contributed by atoms with Crippen LogP contribution in [0.4, 0.5) is 0 Å². The summed E-state index contributed by atoms with van der Waals surface area (Å²) in [6.07, 6.45) is 3.65. The minimum atomic E-state index is -1.12. The molecule has 1 amide bonds. The molecule has 0 aromatic carbocycles. The first kappa shape index (κ1) is 15.5. The minimum absolute atomic E-state index is 0.00544. The standard InChI is InChI=1S/C13H21NO5/c1-2-19-12(16)7-6-10(13(17)18)14-11(15)8-9-4-3-5-9/h9-10H,2-8H2,1H3,(H,14,15)(H,17,18)/t10-/m0/s1. The van der Waals surface area contributed by atoms with E-state index < -0.39 is 18.0 Å². The normalized spacial score (nSPS) is 16.3. The number of ether oxygens (including phenoxy) is 1. The van der Waals surface area contributed by atoms with Gasteiger partial charge in [-0.2, -0.15) is 0 Å². The lowest BCUT2D eigenvalue weighted by Gasteiger charge is -2.25. The van der Waals surface area contributed by atoms with Crippen LogP contribution in [0.25, 0.3) is 0 Å². The molecule has 1 fully saturated rings. The van der Waals surface area contributed by atoms with Crippen LogP contribution in [0, 0.1) is 5.92 Å². The van der Waals surface area contributed by atoms with Gasteiger partial charge in [0.2, 0.25) is 5.91 Å². The molecule has 1 rings (SSSR count). The van der Waals surface area contributed by atoms with E-state index in [-0.39, 0.29) is 25.4 Å². The summed E-state index contributed by atoms with van der Waals surface area (Å²) in [4.78, 5) is 33.8. The van der Waals surface area contributed by atoms with Gasteiger partial charge in [-0.05, 0) is 32.1 Å². The van der Waals surface area contributed by atoms with Crippen molar-refractivity contribution in [3.05, 3.63) is 0 Å². The lowest BCUT2D eigenvalue weighted by molar-refractivity contribution is -0.145. The van der Waals surface area contributed by atoms with E-state index in [1.807, 2.05) is 0 Å². The largest absolute Gasteiger partial charge is 0.480 e. The number of aliphatic carboxylic acids is 1. The van der Waals surface area contributed by atoms with Crippen molar-refractivity contribution in [2.45, 2.75) is 51.5 Å². The van der Waals surface area contributed by atoms with Crippen molar-refractivity contribution in [1.29, 1.82) is 0 Å². The molecule has 108 valence electrons. The van der Waals surface area contributed by atoms with Crippen LogP contribution in [-0.4, -0.2) is 35.6 Å². The third kappa shape index (κ3) is 5.72. The highest BCUT2D eigenvalue weighted by Gasteiger charge is 2.25. The molecule has 0 aromatic rings. The van der Waals surface area contributed by atoms with Crippen LogP contribution >= 0.6 is 0 Å². The van der Waals surface area contributed by atoms with Gasteiger partial charge in [0.15, 0.2) is 0 Å². The van der Waals surface area contributed by atoms with E-state index in [4.69, 9.17) is 9.84 Å². The Labute approximate surface area is 112 Å². The molecular formula is C13H21NO5. The van der Waals surface area contributed by atoms with Crippen molar-refractivity contribution in [2.75, 3.05) is 6.61 Å². The van der Waals surface area contributed by atoms with Crippen LogP contribution in [0.2, 0.25) is 0 Å². The number of amides is 1. The zero-order valence-corrected chi connectivity index (χ0v) is 11.2.